The summed E-state index contributed by atoms with van der Waals surface area (Å²) in [5.41, 5.74) is 2.37. The Morgan fingerprint density at radius 2 is 2.33 bits per heavy atom. The summed E-state index contributed by atoms with van der Waals surface area (Å²) in [6.07, 6.45) is 3.17. The predicted molar refractivity (Wildman–Crippen MR) is 32.5 cm³/mol. The number of nitrogens with one attached hydrogen (secondary N) is 1. The van der Waals surface area contributed by atoms with Crippen LogP contribution in [0.2, 0.25) is 0 Å². The van der Waals surface area contributed by atoms with Crippen LogP contribution in [0, 0.1) is 5.92 Å². The molecule has 0 aromatic rings. The number of carbonyl (C=O) groups is 1. The Balaban J connectivity index is 2.16. The molecule has 0 amide bonds. The fourth-order valence-electron chi connectivity index (χ4n) is 0.828. The van der Waals surface area contributed by atoms with Crippen LogP contribution in [-0.2, 0) is 9.63 Å². The molecule has 1 N–H and O–H groups in total. The van der Waals surface area contributed by atoms with Crippen LogP contribution < -0.4 is 5.48 Å². The van der Waals surface area contributed by atoms with Crippen molar-refractivity contribution in [2.75, 3.05) is 7.05 Å². The molecule has 1 saturated carbocycles. The Morgan fingerprint density at radius 3 is 2.67 bits per heavy atom. The van der Waals surface area contributed by atoms with Crippen molar-refractivity contribution in [2.24, 2.45) is 5.92 Å². The van der Waals surface area contributed by atoms with E-state index >= 15 is 0 Å². The Kier molecular flexibility index (Phi) is 2.05. The van der Waals surface area contributed by atoms with Gasteiger partial charge in [0.2, 0.25) is 0 Å². The first-order valence-electron chi connectivity index (χ1n) is 3.22. The fraction of sp³-hybridized carbons (Fsp3) is 0.833. The van der Waals surface area contributed by atoms with Crippen molar-refractivity contribution in [1.29, 1.82) is 0 Å². The summed E-state index contributed by atoms with van der Waals surface area (Å²) in [6, 6.07) is 0. The largest absolute Gasteiger partial charge is 0.371 e. The average molecular weight is 129 g/mol. The molecule has 9 heavy (non-hydrogen) atoms. The van der Waals surface area contributed by atoms with Crippen LogP contribution in [0.1, 0.15) is 19.3 Å². The monoisotopic (exact) mass is 129 g/mol. The molecule has 0 aromatic carbocycles. The van der Waals surface area contributed by atoms with Gasteiger partial charge >= 0.3 is 5.97 Å². The summed E-state index contributed by atoms with van der Waals surface area (Å²) in [5, 5.41) is 0. The molecule has 52 valence electrons. The maximum Gasteiger partial charge on any atom is 0.327 e. The highest BCUT2D eigenvalue weighted by Gasteiger charge is 2.26. The third-order valence-corrected chi connectivity index (χ3v) is 1.64. The zero-order chi connectivity index (χ0) is 6.69. The number of carbonyl (C=O) groups excluding carboxylic acids is 1. The van der Waals surface area contributed by atoms with Crippen molar-refractivity contribution >= 4 is 5.97 Å². The molecule has 0 aromatic heterocycles. The minimum Gasteiger partial charge on any atom is -0.371 e. The topological polar surface area (TPSA) is 38.3 Å². The maximum atomic E-state index is 10.7. The van der Waals surface area contributed by atoms with Crippen molar-refractivity contribution in [2.45, 2.75) is 19.3 Å². The SMILES string of the molecule is CNOC(=O)C1CCC1. The van der Waals surface area contributed by atoms with Crippen molar-refractivity contribution < 1.29 is 9.63 Å². The molecule has 1 aliphatic rings. The number of rotatable bonds is 2. The van der Waals surface area contributed by atoms with Gasteiger partial charge < -0.3 is 4.84 Å². The van der Waals surface area contributed by atoms with Crippen LogP contribution in [0.3, 0.4) is 0 Å². The lowest BCUT2D eigenvalue weighted by atomic mass is 9.86. The number of hydrogen-bond acceptors (Lipinski definition) is 3. The summed E-state index contributed by atoms with van der Waals surface area (Å²) in [5.74, 6) is 0.0706. The van der Waals surface area contributed by atoms with Crippen LogP contribution in [0.4, 0.5) is 0 Å². The van der Waals surface area contributed by atoms with E-state index in [2.05, 4.69) is 10.3 Å². The van der Waals surface area contributed by atoms with E-state index in [0.717, 1.165) is 12.8 Å². The Labute approximate surface area is 54.3 Å². The molecule has 0 bridgehead atoms. The van der Waals surface area contributed by atoms with E-state index in [1.54, 1.807) is 7.05 Å². The van der Waals surface area contributed by atoms with E-state index in [1.165, 1.54) is 6.42 Å². The lowest BCUT2D eigenvalue weighted by Crippen LogP contribution is -2.27. The first-order valence-corrected chi connectivity index (χ1v) is 3.22. The van der Waals surface area contributed by atoms with Crippen molar-refractivity contribution in [3.63, 3.8) is 0 Å². The molecule has 1 aliphatic carbocycles. The van der Waals surface area contributed by atoms with Gasteiger partial charge in [0.1, 0.15) is 0 Å². The molecule has 3 nitrogen and oxygen atoms in total. The van der Waals surface area contributed by atoms with Crippen molar-refractivity contribution in [3.05, 3.63) is 0 Å². The molecule has 1 rings (SSSR count). The number of hydroxylamine groups is 1. The number of hydrogen-bond donors (Lipinski definition) is 1. The molecule has 0 radical (unpaired) electrons. The van der Waals surface area contributed by atoms with Gasteiger partial charge in [0.25, 0.3) is 0 Å². The third-order valence-electron chi connectivity index (χ3n) is 1.64. The zero-order valence-corrected chi connectivity index (χ0v) is 5.52. The summed E-state index contributed by atoms with van der Waals surface area (Å²) < 4.78 is 0. The maximum absolute atomic E-state index is 10.7. The third kappa shape index (κ3) is 1.42. The van der Waals surface area contributed by atoms with Crippen LogP contribution in [0.15, 0.2) is 0 Å². The molecule has 0 atom stereocenters. The lowest BCUT2D eigenvalue weighted by molar-refractivity contribution is -0.157. The van der Waals surface area contributed by atoms with Crippen LogP contribution in [-0.4, -0.2) is 13.0 Å². The summed E-state index contributed by atoms with van der Waals surface area (Å²) >= 11 is 0. The zero-order valence-electron chi connectivity index (χ0n) is 5.52. The van der Waals surface area contributed by atoms with Gasteiger partial charge in [-0.25, -0.2) is 0 Å². The minimum atomic E-state index is -0.108. The fourth-order valence-corrected chi connectivity index (χ4v) is 0.828. The second-order valence-corrected chi connectivity index (χ2v) is 2.25. The van der Waals surface area contributed by atoms with E-state index in [4.69, 9.17) is 0 Å². The lowest BCUT2D eigenvalue weighted by Gasteiger charge is -2.22. The summed E-state index contributed by atoms with van der Waals surface area (Å²) in [4.78, 5) is 15.3. The standard InChI is InChI=1S/C6H11NO2/c1-7-9-6(8)5-3-2-4-5/h5,7H,2-4H2,1H3. The van der Waals surface area contributed by atoms with Gasteiger partial charge in [-0.2, -0.15) is 5.48 Å². The Bertz CT molecular complexity index is 110. The normalized spacial score (nSPS) is 18.8. The second-order valence-electron chi connectivity index (χ2n) is 2.25. The first kappa shape index (κ1) is 6.55. The average Bonchev–Trinajstić information content (AvgIpc) is 1.60. The molecule has 3 heteroatoms. The van der Waals surface area contributed by atoms with E-state index in [-0.39, 0.29) is 11.9 Å². The highest BCUT2D eigenvalue weighted by atomic mass is 16.7. The van der Waals surface area contributed by atoms with Crippen LogP contribution in [0.5, 0.6) is 0 Å². The van der Waals surface area contributed by atoms with Crippen molar-refractivity contribution in [3.8, 4) is 0 Å². The molecule has 0 saturated heterocycles. The molecule has 0 spiro atoms. The van der Waals surface area contributed by atoms with Gasteiger partial charge in [0, 0.05) is 7.05 Å². The Hall–Kier alpha value is -0.570. The van der Waals surface area contributed by atoms with Crippen LogP contribution >= 0.6 is 0 Å². The molecule has 0 aliphatic heterocycles. The molecule has 1 fully saturated rings. The van der Waals surface area contributed by atoms with E-state index in [0.29, 0.717) is 0 Å². The van der Waals surface area contributed by atoms with Crippen molar-refractivity contribution in [1.82, 2.24) is 5.48 Å². The molecule has 0 heterocycles. The van der Waals surface area contributed by atoms with Gasteiger partial charge in [-0.05, 0) is 12.8 Å². The quantitative estimate of drug-likeness (QED) is 0.550. The molecular weight excluding hydrogens is 118 g/mol. The molecular formula is C6H11NO2. The van der Waals surface area contributed by atoms with Gasteiger partial charge in [-0.3, -0.25) is 4.79 Å². The van der Waals surface area contributed by atoms with Gasteiger partial charge in [0.15, 0.2) is 0 Å². The predicted octanol–water partition coefficient (Wildman–Crippen LogP) is 0.464. The highest BCUT2D eigenvalue weighted by Crippen LogP contribution is 2.26. The van der Waals surface area contributed by atoms with Gasteiger partial charge in [-0.15, -0.1) is 0 Å². The minimum absolute atomic E-state index is 0.108. The smallest absolute Gasteiger partial charge is 0.327 e. The Morgan fingerprint density at radius 1 is 1.67 bits per heavy atom. The molecule has 0 unspecified atom stereocenters. The first-order chi connectivity index (χ1) is 4.34. The summed E-state index contributed by atoms with van der Waals surface area (Å²) in [6.45, 7) is 0. The van der Waals surface area contributed by atoms with Gasteiger partial charge in [0.05, 0.1) is 5.92 Å². The van der Waals surface area contributed by atoms with E-state index < -0.39 is 0 Å². The van der Waals surface area contributed by atoms with Crippen LogP contribution in [0.25, 0.3) is 0 Å². The van der Waals surface area contributed by atoms with E-state index in [9.17, 15) is 4.79 Å². The van der Waals surface area contributed by atoms with E-state index in [1.807, 2.05) is 0 Å². The second kappa shape index (κ2) is 2.82. The van der Waals surface area contributed by atoms with Gasteiger partial charge in [-0.1, -0.05) is 6.42 Å². The summed E-state index contributed by atoms with van der Waals surface area (Å²) in [7, 11) is 1.59. The highest BCUT2D eigenvalue weighted by molar-refractivity contribution is 5.72.